The molecular formula is C16H23ClF2O. The monoisotopic (exact) mass is 304 g/mol. The molecule has 0 aromatic heterocycles. The molecule has 20 heavy (non-hydrogen) atoms. The molecular weight excluding hydrogens is 282 g/mol. The SMILES string of the molecule is CC1=CCC(CCCOC2C(F)=CCC(F)C2Cl)CC1. The van der Waals surface area contributed by atoms with Crippen LogP contribution in [0.5, 0.6) is 0 Å². The molecule has 4 atom stereocenters. The zero-order chi connectivity index (χ0) is 14.5. The second-order valence-electron chi connectivity index (χ2n) is 5.91. The largest absolute Gasteiger partial charge is 0.369 e. The van der Waals surface area contributed by atoms with Crippen LogP contribution in [0.3, 0.4) is 0 Å². The Bertz CT molecular complexity index is 381. The fourth-order valence-corrected chi connectivity index (χ4v) is 3.14. The van der Waals surface area contributed by atoms with Crippen molar-refractivity contribution in [3.8, 4) is 0 Å². The van der Waals surface area contributed by atoms with Gasteiger partial charge < -0.3 is 4.74 Å². The standard InChI is InChI=1S/C16H23ClF2O/c1-11-4-6-12(7-5-11)3-2-10-20-16-14(19)9-8-13(18)15(16)17/h4,9,12-13,15-16H,2-3,5-8,10H2,1H3. The third kappa shape index (κ3) is 4.29. The number of allylic oxidation sites excluding steroid dienone is 3. The molecule has 0 heterocycles. The highest BCUT2D eigenvalue weighted by Crippen LogP contribution is 2.30. The van der Waals surface area contributed by atoms with Crippen molar-refractivity contribution in [2.75, 3.05) is 6.61 Å². The summed E-state index contributed by atoms with van der Waals surface area (Å²) < 4.78 is 32.4. The van der Waals surface area contributed by atoms with Crippen molar-refractivity contribution in [1.29, 1.82) is 0 Å². The molecule has 0 radical (unpaired) electrons. The molecule has 0 saturated heterocycles. The highest BCUT2D eigenvalue weighted by Gasteiger charge is 2.35. The summed E-state index contributed by atoms with van der Waals surface area (Å²) in [6.45, 7) is 2.62. The van der Waals surface area contributed by atoms with Crippen LogP contribution < -0.4 is 0 Å². The van der Waals surface area contributed by atoms with Crippen molar-refractivity contribution in [2.45, 2.75) is 63.1 Å². The summed E-state index contributed by atoms with van der Waals surface area (Å²) in [7, 11) is 0. The van der Waals surface area contributed by atoms with E-state index in [1.807, 2.05) is 0 Å². The fraction of sp³-hybridized carbons (Fsp3) is 0.750. The van der Waals surface area contributed by atoms with E-state index in [-0.39, 0.29) is 6.42 Å². The molecule has 0 fully saturated rings. The van der Waals surface area contributed by atoms with Crippen LogP contribution in [0, 0.1) is 5.92 Å². The number of ether oxygens (including phenoxy) is 1. The average Bonchev–Trinajstić information content (AvgIpc) is 2.44. The molecule has 0 saturated carbocycles. The summed E-state index contributed by atoms with van der Waals surface area (Å²) in [6, 6.07) is 0. The first-order chi connectivity index (χ1) is 9.58. The number of halogens is 3. The van der Waals surface area contributed by atoms with E-state index >= 15 is 0 Å². The summed E-state index contributed by atoms with van der Waals surface area (Å²) >= 11 is 5.88. The van der Waals surface area contributed by atoms with Gasteiger partial charge in [-0.25, -0.2) is 8.78 Å². The lowest BCUT2D eigenvalue weighted by Crippen LogP contribution is -2.36. The smallest absolute Gasteiger partial charge is 0.128 e. The molecule has 0 aromatic carbocycles. The maximum absolute atomic E-state index is 13.6. The molecule has 2 aliphatic rings. The average molecular weight is 305 g/mol. The van der Waals surface area contributed by atoms with E-state index < -0.39 is 23.5 Å². The Morgan fingerprint density at radius 1 is 1.35 bits per heavy atom. The first kappa shape index (κ1) is 16.0. The second-order valence-corrected chi connectivity index (χ2v) is 6.41. The van der Waals surface area contributed by atoms with E-state index in [2.05, 4.69) is 13.0 Å². The number of alkyl halides is 2. The normalized spacial score (nSPS) is 34.6. The Labute approximate surface area is 125 Å². The first-order valence-electron chi connectivity index (χ1n) is 7.49. The van der Waals surface area contributed by atoms with Gasteiger partial charge in [-0.3, -0.25) is 0 Å². The predicted octanol–water partition coefficient (Wildman–Crippen LogP) is 5.10. The topological polar surface area (TPSA) is 9.23 Å². The van der Waals surface area contributed by atoms with Gasteiger partial charge in [0, 0.05) is 13.0 Å². The number of hydrogen-bond acceptors (Lipinski definition) is 1. The molecule has 0 amide bonds. The van der Waals surface area contributed by atoms with Gasteiger partial charge in [0.05, 0.1) is 5.38 Å². The Kier molecular flexibility index (Phi) is 6.03. The summed E-state index contributed by atoms with van der Waals surface area (Å²) in [4.78, 5) is 0. The zero-order valence-corrected chi connectivity index (χ0v) is 12.7. The molecule has 0 bridgehead atoms. The van der Waals surface area contributed by atoms with Crippen LogP contribution in [-0.4, -0.2) is 24.3 Å². The lowest BCUT2D eigenvalue weighted by molar-refractivity contribution is 0.0337. The highest BCUT2D eigenvalue weighted by molar-refractivity contribution is 6.21. The van der Waals surface area contributed by atoms with Gasteiger partial charge in [0.1, 0.15) is 18.1 Å². The van der Waals surface area contributed by atoms with Crippen molar-refractivity contribution in [2.24, 2.45) is 5.92 Å². The molecule has 2 rings (SSSR count). The molecule has 0 aromatic rings. The van der Waals surface area contributed by atoms with Crippen molar-refractivity contribution >= 4 is 11.6 Å². The second kappa shape index (κ2) is 7.56. The third-order valence-corrected chi connectivity index (χ3v) is 4.75. The molecule has 4 heteroatoms. The van der Waals surface area contributed by atoms with Crippen molar-refractivity contribution in [3.05, 3.63) is 23.6 Å². The summed E-state index contributed by atoms with van der Waals surface area (Å²) in [5, 5.41) is -0.903. The molecule has 4 unspecified atom stereocenters. The van der Waals surface area contributed by atoms with Crippen LogP contribution in [-0.2, 0) is 4.74 Å². The Hall–Kier alpha value is -0.410. The summed E-state index contributed by atoms with van der Waals surface area (Å²) in [5.41, 5.74) is 1.48. The molecule has 0 spiro atoms. The Morgan fingerprint density at radius 2 is 2.15 bits per heavy atom. The van der Waals surface area contributed by atoms with Gasteiger partial charge in [-0.1, -0.05) is 11.6 Å². The molecule has 0 N–H and O–H groups in total. The van der Waals surface area contributed by atoms with Gasteiger partial charge >= 0.3 is 0 Å². The highest BCUT2D eigenvalue weighted by atomic mass is 35.5. The number of rotatable bonds is 5. The van der Waals surface area contributed by atoms with Crippen molar-refractivity contribution < 1.29 is 13.5 Å². The number of hydrogen-bond donors (Lipinski definition) is 0. The van der Waals surface area contributed by atoms with Crippen LogP contribution in [0.4, 0.5) is 8.78 Å². The lowest BCUT2D eigenvalue weighted by Gasteiger charge is -2.27. The van der Waals surface area contributed by atoms with Gasteiger partial charge in [-0.05, 0) is 51.0 Å². The minimum atomic E-state index is -1.22. The minimum Gasteiger partial charge on any atom is -0.369 e. The predicted molar refractivity (Wildman–Crippen MR) is 78.4 cm³/mol. The lowest BCUT2D eigenvalue weighted by atomic mass is 9.87. The van der Waals surface area contributed by atoms with Crippen molar-refractivity contribution in [3.63, 3.8) is 0 Å². The molecule has 1 nitrogen and oxygen atoms in total. The van der Waals surface area contributed by atoms with E-state index in [9.17, 15) is 8.78 Å². The van der Waals surface area contributed by atoms with Crippen LogP contribution in [0.2, 0.25) is 0 Å². The van der Waals surface area contributed by atoms with Gasteiger partial charge in [0.15, 0.2) is 0 Å². The quantitative estimate of drug-likeness (QED) is 0.390. The maximum Gasteiger partial charge on any atom is 0.128 e. The van der Waals surface area contributed by atoms with Crippen LogP contribution in [0.1, 0.15) is 45.4 Å². The third-order valence-electron chi connectivity index (χ3n) is 4.25. The van der Waals surface area contributed by atoms with E-state index in [0.29, 0.717) is 12.5 Å². The Morgan fingerprint density at radius 3 is 2.85 bits per heavy atom. The van der Waals surface area contributed by atoms with Gasteiger partial charge in [-0.15, -0.1) is 11.6 Å². The van der Waals surface area contributed by atoms with E-state index in [0.717, 1.165) is 19.3 Å². The van der Waals surface area contributed by atoms with Crippen LogP contribution in [0.25, 0.3) is 0 Å². The molecule has 2 aliphatic carbocycles. The van der Waals surface area contributed by atoms with Crippen molar-refractivity contribution in [1.82, 2.24) is 0 Å². The van der Waals surface area contributed by atoms with Gasteiger partial charge in [0.25, 0.3) is 0 Å². The van der Waals surface area contributed by atoms with E-state index in [4.69, 9.17) is 16.3 Å². The van der Waals surface area contributed by atoms with Crippen LogP contribution in [0.15, 0.2) is 23.6 Å². The molecule has 114 valence electrons. The Balaban J connectivity index is 1.68. The first-order valence-corrected chi connectivity index (χ1v) is 7.92. The van der Waals surface area contributed by atoms with E-state index in [1.54, 1.807) is 0 Å². The van der Waals surface area contributed by atoms with Gasteiger partial charge in [0.2, 0.25) is 0 Å². The molecule has 0 aliphatic heterocycles. The van der Waals surface area contributed by atoms with Gasteiger partial charge in [-0.2, -0.15) is 0 Å². The van der Waals surface area contributed by atoms with E-state index in [1.165, 1.54) is 24.5 Å². The summed E-state index contributed by atoms with van der Waals surface area (Å²) in [5.74, 6) is 0.282. The fourth-order valence-electron chi connectivity index (χ4n) is 2.85. The summed E-state index contributed by atoms with van der Waals surface area (Å²) in [6.07, 6.45) is 6.98. The zero-order valence-electron chi connectivity index (χ0n) is 12.0. The minimum absolute atomic E-state index is 0.0492. The van der Waals surface area contributed by atoms with Crippen LogP contribution >= 0.6 is 11.6 Å². The maximum atomic E-state index is 13.6.